The molecule has 5 heteroatoms. The van der Waals surface area contributed by atoms with Gasteiger partial charge in [0.1, 0.15) is 0 Å². The normalized spacial score (nSPS) is 14.8. The Morgan fingerprint density at radius 1 is 1.00 bits per heavy atom. The van der Waals surface area contributed by atoms with Crippen LogP contribution in [0.25, 0.3) is 22.1 Å². The number of hydrogen-bond donors (Lipinski definition) is 2. The van der Waals surface area contributed by atoms with Crippen LogP contribution in [0.5, 0.6) is 11.5 Å². The predicted octanol–water partition coefficient (Wildman–Crippen LogP) is 3.64. The quantitative estimate of drug-likeness (QED) is 0.758. The van der Waals surface area contributed by atoms with Gasteiger partial charge in [0.25, 0.3) is 0 Å². The van der Waals surface area contributed by atoms with E-state index in [-0.39, 0.29) is 29.1 Å². The van der Waals surface area contributed by atoms with E-state index in [0.717, 1.165) is 10.8 Å². The molecule has 0 bridgehead atoms. The molecule has 0 spiro atoms. The predicted molar refractivity (Wildman–Crippen MR) is 86.6 cm³/mol. The summed E-state index contributed by atoms with van der Waals surface area (Å²) in [5, 5.41) is 22.4. The first-order chi connectivity index (χ1) is 11.2. The summed E-state index contributed by atoms with van der Waals surface area (Å²) in [6, 6.07) is 13.3. The minimum Gasteiger partial charge on any atom is -0.502 e. The van der Waals surface area contributed by atoms with Gasteiger partial charge in [-0.2, -0.15) is 0 Å². The SMILES string of the molecule is O=C1CCCN1c1oc(-c2cccc3ccccc23)c(O)c1O. The zero-order valence-corrected chi connectivity index (χ0v) is 12.3. The number of rotatable bonds is 2. The Morgan fingerprint density at radius 3 is 2.57 bits per heavy atom. The summed E-state index contributed by atoms with van der Waals surface area (Å²) >= 11 is 0. The Kier molecular flexibility index (Phi) is 3.01. The van der Waals surface area contributed by atoms with Crippen molar-refractivity contribution >= 4 is 22.6 Å². The van der Waals surface area contributed by atoms with Gasteiger partial charge < -0.3 is 14.6 Å². The molecule has 1 aliphatic rings. The van der Waals surface area contributed by atoms with Crippen LogP contribution in [0.4, 0.5) is 5.88 Å². The van der Waals surface area contributed by atoms with E-state index >= 15 is 0 Å². The van der Waals surface area contributed by atoms with Gasteiger partial charge in [-0.1, -0.05) is 42.5 Å². The first-order valence-electron chi connectivity index (χ1n) is 7.50. The number of aromatic hydroxyl groups is 2. The number of anilines is 1. The maximum atomic E-state index is 11.9. The molecule has 3 aromatic rings. The Bertz CT molecular complexity index is 907. The van der Waals surface area contributed by atoms with Crippen LogP contribution in [0.1, 0.15) is 12.8 Å². The van der Waals surface area contributed by atoms with Gasteiger partial charge >= 0.3 is 0 Å². The lowest BCUT2D eigenvalue weighted by atomic mass is 10.0. The van der Waals surface area contributed by atoms with E-state index in [1.54, 1.807) is 0 Å². The van der Waals surface area contributed by atoms with Crippen LogP contribution >= 0.6 is 0 Å². The van der Waals surface area contributed by atoms with Crippen LogP contribution in [0.2, 0.25) is 0 Å². The Morgan fingerprint density at radius 2 is 1.78 bits per heavy atom. The van der Waals surface area contributed by atoms with Crippen molar-refractivity contribution in [3.8, 4) is 22.8 Å². The lowest BCUT2D eigenvalue weighted by molar-refractivity contribution is -0.117. The van der Waals surface area contributed by atoms with Gasteiger partial charge in [0.15, 0.2) is 5.76 Å². The van der Waals surface area contributed by atoms with Crippen molar-refractivity contribution in [2.45, 2.75) is 12.8 Å². The molecule has 2 aromatic carbocycles. The van der Waals surface area contributed by atoms with Gasteiger partial charge in [0.05, 0.1) is 0 Å². The van der Waals surface area contributed by atoms with Gasteiger partial charge in [0.2, 0.25) is 23.3 Å². The third kappa shape index (κ3) is 2.04. The van der Waals surface area contributed by atoms with Gasteiger partial charge in [-0.3, -0.25) is 9.69 Å². The summed E-state index contributed by atoms with van der Waals surface area (Å²) in [4.78, 5) is 13.2. The molecule has 1 saturated heterocycles. The van der Waals surface area contributed by atoms with Crippen molar-refractivity contribution in [3.05, 3.63) is 42.5 Å². The minimum absolute atomic E-state index is 0.0212. The van der Waals surface area contributed by atoms with E-state index in [2.05, 4.69) is 0 Å². The van der Waals surface area contributed by atoms with Crippen molar-refractivity contribution in [3.63, 3.8) is 0 Å². The highest BCUT2D eigenvalue weighted by atomic mass is 16.4. The molecule has 2 heterocycles. The van der Waals surface area contributed by atoms with Crippen molar-refractivity contribution in [2.24, 2.45) is 0 Å². The van der Waals surface area contributed by atoms with Crippen molar-refractivity contribution in [2.75, 3.05) is 11.4 Å². The second-order valence-electron chi connectivity index (χ2n) is 5.61. The minimum atomic E-state index is -0.386. The van der Waals surface area contributed by atoms with Gasteiger partial charge in [-0.25, -0.2) is 0 Å². The topological polar surface area (TPSA) is 73.9 Å². The molecule has 2 N–H and O–H groups in total. The molecular formula is C18H15NO4. The van der Waals surface area contributed by atoms with E-state index in [1.165, 1.54) is 4.90 Å². The molecule has 1 amide bonds. The fourth-order valence-corrected chi connectivity index (χ4v) is 3.05. The Labute approximate surface area is 132 Å². The maximum absolute atomic E-state index is 11.9. The molecule has 4 rings (SSSR count). The van der Waals surface area contributed by atoms with Crippen LogP contribution in [-0.4, -0.2) is 22.7 Å². The summed E-state index contributed by atoms with van der Waals surface area (Å²) in [5.41, 5.74) is 0.675. The zero-order valence-electron chi connectivity index (χ0n) is 12.3. The summed E-state index contributed by atoms with van der Waals surface area (Å²) < 4.78 is 5.70. The molecule has 1 fully saturated rings. The van der Waals surface area contributed by atoms with Crippen molar-refractivity contribution in [1.29, 1.82) is 0 Å². The van der Waals surface area contributed by atoms with Gasteiger partial charge in [-0.05, 0) is 17.2 Å². The number of furan rings is 1. The number of amides is 1. The molecule has 5 nitrogen and oxygen atoms in total. The van der Waals surface area contributed by atoms with Gasteiger partial charge in [-0.15, -0.1) is 0 Å². The van der Waals surface area contributed by atoms with E-state index in [4.69, 9.17) is 4.42 Å². The molecule has 0 radical (unpaired) electrons. The third-order valence-corrected chi connectivity index (χ3v) is 4.19. The Hall–Kier alpha value is -2.95. The highest BCUT2D eigenvalue weighted by Crippen LogP contribution is 2.48. The smallest absolute Gasteiger partial charge is 0.249 e. The van der Waals surface area contributed by atoms with E-state index in [1.807, 2.05) is 42.5 Å². The average Bonchev–Trinajstić information content (AvgIpc) is 3.11. The summed E-state index contributed by atoms with van der Waals surface area (Å²) in [6.07, 6.45) is 1.13. The molecule has 1 aliphatic heterocycles. The van der Waals surface area contributed by atoms with Crippen LogP contribution in [0.3, 0.4) is 0 Å². The largest absolute Gasteiger partial charge is 0.502 e. The number of carbonyl (C=O) groups is 1. The lowest BCUT2D eigenvalue weighted by Gasteiger charge is -2.11. The molecule has 1 aromatic heterocycles. The molecule has 0 unspecified atom stereocenters. The first kappa shape index (κ1) is 13.7. The van der Waals surface area contributed by atoms with Gasteiger partial charge in [0, 0.05) is 18.5 Å². The van der Waals surface area contributed by atoms with Crippen LogP contribution in [0, 0.1) is 0 Å². The molecule has 0 atom stereocenters. The summed E-state index contributed by atoms with van der Waals surface area (Å²) in [6.45, 7) is 0.480. The number of hydrogen-bond acceptors (Lipinski definition) is 4. The highest BCUT2D eigenvalue weighted by Gasteiger charge is 2.31. The molecular weight excluding hydrogens is 294 g/mol. The third-order valence-electron chi connectivity index (χ3n) is 4.19. The van der Waals surface area contributed by atoms with Crippen molar-refractivity contribution < 1.29 is 19.4 Å². The van der Waals surface area contributed by atoms with Crippen LogP contribution in [-0.2, 0) is 4.79 Å². The summed E-state index contributed by atoms with van der Waals surface area (Å²) in [5.74, 6) is -0.639. The average molecular weight is 309 g/mol. The maximum Gasteiger partial charge on any atom is 0.249 e. The molecule has 0 aliphatic carbocycles. The highest BCUT2D eigenvalue weighted by molar-refractivity contribution is 6.00. The monoisotopic (exact) mass is 309 g/mol. The standard InChI is InChI=1S/C18H15NO4/c20-14-9-4-10-19(14)18-16(22)15(21)17(23-18)13-8-3-6-11-5-1-2-7-12(11)13/h1-3,5-8,21-22H,4,9-10H2. The number of carbonyl (C=O) groups excluding carboxylic acids is 1. The lowest BCUT2D eigenvalue weighted by Crippen LogP contribution is -2.23. The van der Waals surface area contributed by atoms with E-state index in [9.17, 15) is 15.0 Å². The fraction of sp³-hybridized carbons (Fsp3) is 0.167. The summed E-state index contributed by atoms with van der Waals surface area (Å²) in [7, 11) is 0. The van der Waals surface area contributed by atoms with Crippen LogP contribution < -0.4 is 4.90 Å². The number of fused-ring (bicyclic) bond motifs is 1. The fourth-order valence-electron chi connectivity index (χ4n) is 3.05. The van der Waals surface area contributed by atoms with Crippen LogP contribution in [0.15, 0.2) is 46.9 Å². The second-order valence-corrected chi connectivity index (χ2v) is 5.61. The Balaban J connectivity index is 1.91. The molecule has 116 valence electrons. The first-order valence-corrected chi connectivity index (χ1v) is 7.50. The number of benzene rings is 2. The number of nitrogens with zero attached hydrogens (tertiary/aromatic N) is 1. The molecule has 0 saturated carbocycles. The van der Waals surface area contributed by atoms with E-state index < -0.39 is 0 Å². The second kappa shape index (κ2) is 5.05. The zero-order chi connectivity index (χ0) is 16.0. The molecule has 23 heavy (non-hydrogen) atoms. The van der Waals surface area contributed by atoms with Crippen molar-refractivity contribution in [1.82, 2.24) is 0 Å². The van der Waals surface area contributed by atoms with E-state index in [0.29, 0.717) is 24.9 Å².